The Hall–Kier alpha value is -1.30. The van der Waals surface area contributed by atoms with Crippen LogP contribution in [-0.4, -0.2) is 0 Å². The van der Waals surface area contributed by atoms with Crippen LogP contribution in [0, 0.1) is 11.8 Å². The van der Waals surface area contributed by atoms with Crippen molar-refractivity contribution in [3.63, 3.8) is 0 Å². The van der Waals surface area contributed by atoms with Crippen LogP contribution in [0.15, 0.2) is 64.1 Å². The molecule has 0 nitrogen and oxygen atoms in total. The molecule has 0 aromatic heterocycles. The molecule has 88 valence electrons. The van der Waals surface area contributed by atoms with Crippen LogP contribution in [0.2, 0.25) is 0 Å². The number of hydrogen-bond acceptors (Lipinski definition) is 0. The van der Waals surface area contributed by atoms with Gasteiger partial charge in [0.05, 0.1) is 0 Å². The molecule has 0 spiro atoms. The van der Waals surface area contributed by atoms with Crippen molar-refractivity contribution in [1.82, 2.24) is 0 Å². The molecule has 0 bridgehead atoms. The third kappa shape index (κ3) is 3.60. The highest BCUT2D eigenvalue weighted by Crippen LogP contribution is 2.16. The second kappa shape index (κ2) is 6.04. The summed E-state index contributed by atoms with van der Waals surface area (Å²) in [5, 5.41) is 0. The molecule has 2 aromatic carbocycles. The lowest BCUT2D eigenvalue weighted by Gasteiger charge is -1.98. The molecular formula is C16H10Br2. The van der Waals surface area contributed by atoms with Crippen molar-refractivity contribution in [3.8, 4) is 11.8 Å². The Balaban J connectivity index is 2.17. The van der Waals surface area contributed by atoms with Gasteiger partial charge in [-0.15, -0.1) is 0 Å². The molecule has 0 fully saturated rings. The molecule has 0 saturated carbocycles. The van der Waals surface area contributed by atoms with Crippen LogP contribution in [0.3, 0.4) is 0 Å². The Morgan fingerprint density at radius 3 is 1.89 bits per heavy atom. The van der Waals surface area contributed by atoms with Gasteiger partial charge in [-0.05, 0) is 42.0 Å². The van der Waals surface area contributed by atoms with Gasteiger partial charge >= 0.3 is 0 Å². The second-order valence-electron chi connectivity index (χ2n) is 3.74. The average Bonchev–Trinajstić information content (AvgIpc) is 2.38. The minimum absolute atomic E-state index is 0.824. The van der Waals surface area contributed by atoms with E-state index in [4.69, 9.17) is 0 Å². The fourth-order valence-electron chi connectivity index (χ4n) is 1.40. The van der Waals surface area contributed by atoms with E-state index in [2.05, 4.69) is 50.3 Å². The average molecular weight is 362 g/mol. The van der Waals surface area contributed by atoms with E-state index in [9.17, 15) is 0 Å². The van der Waals surface area contributed by atoms with Gasteiger partial charge in [0.15, 0.2) is 0 Å². The van der Waals surface area contributed by atoms with Gasteiger partial charge in [-0.3, -0.25) is 0 Å². The van der Waals surface area contributed by atoms with E-state index in [0.29, 0.717) is 0 Å². The molecule has 0 aliphatic rings. The van der Waals surface area contributed by atoms with E-state index in [0.717, 1.165) is 25.6 Å². The molecule has 2 rings (SSSR count). The van der Waals surface area contributed by atoms with Gasteiger partial charge in [-0.2, -0.15) is 0 Å². The smallest absolute Gasteiger partial charge is 0.0249 e. The van der Waals surface area contributed by atoms with Crippen molar-refractivity contribution in [1.29, 1.82) is 0 Å². The van der Waals surface area contributed by atoms with Crippen molar-refractivity contribution in [3.05, 3.63) is 75.2 Å². The first kappa shape index (κ1) is 13.1. The van der Waals surface area contributed by atoms with E-state index in [-0.39, 0.29) is 0 Å². The Kier molecular flexibility index (Phi) is 4.41. The highest BCUT2D eigenvalue weighted by molar-refractivity contribution is 9.10. The molecule has 0 N–H and O–H groups in total. The zero-order valence-electron chi connectivity index (χ0n) is 9.58. The van der Waals surface area contributed by atoms with E-state index in [1.165, 1.54) is 0 Å². The van der Waals surface area contributed by atoms with Gasteiger partial charge in [0.1, 0.15) is 0 Å². The van der Waals surface area contributed by atoms with Crippen molar-refractivity contribution < 1.29 is 0 Å². The Morgan fingerprint density at radius 2 is 1.33 bits per heavy atom. The fraction of sp³-hybridized carbons (Fsp3) is 0. The number of hydrogen-bond donors (Lipinski definition) is 0. The van der Waals surface area contributed by atoms with Crippen LogP contribution in [0.4, 0.5) is 0 Å². The van der Waals surface area contributed by atoms with E-state index in [1.54, 1.807) is 0 Å². The lowest BCUT2D eigenvalue weighted by Crippen LogP contribution is -1.79. The summed E-state index contributed by atoms with van der Waals surface area (Å²) in [6.45, 7) is 3.99. The molecule has 0 heterocycles. The van der Waals surface area contributed by atoms with E-state index in [1.807, 2.05) is 48.5 Å². The lowest BCUT2D eigenvalue weighted by atomic mass is 10.1. The zero-order chi connectivity index (χ0) is 13.0. The molecular weight excluding hydrogens is 352 g/mol. The zero-order valence-corrected chi connectivity index (χ0v) is 12.8. The van der Waals surface area contributed by atoms with Crippen LogP contribution < -0.4 is 0 Å². The number of rotatable bonds is 1. The lowest BCUT2D eigenvalue weighted by molar-refractivity contribution is 1.59. The molecule has 0 saturated heterocycles. The van der Waals surface area contributed by atoms with Gasteiger partial charge < -0.3 is 0 Å². The summed E-state index contributed by atoms with van der Waals surface area (Å²) in [4.78, 5) is 0. The van der Waals surface area contributed by atoms with E-state index >= 15 is 0 Å². The topological polar surface area (TPSA) is 0 Å². The van der Waals surface area contributed by atoms with Crippen molar-refractivity contribution >= 4 is 37.4 Å². The normalized spacial score (nSPS) is 9.44. The molecule has 0 amide bonds. The summed E-state index contributed by atoms with van der Waals surface area (Å²) >= 11 is 6.81. The molecule has 0 atom stereocenters. The first-order valence-electron chi connectivity index (χ1n) is 5.37. The number of halogens is 2. The third-order valence-electron chi connectivity index (χ3n) is 2.39. The Bertz CT molecular complexity index is 611. The monoisotopic (exact) mass is 360 g/mol. The Labute approximate surface area is 124 Å². The van der Waals surface area contributed by atoms with Crippen LogP contribution in [0.1, 0.15) is 11.1 Å². The first-order chi connectivity index (χ1) is 8.65. The summed E-state index contributed by atoms with van der Waals surface area (Å²) < 4.78 is 2.11. The van der Waals surface area contributed by atoms with Crippen LogP contribution >= 0.6 is 31.9 Å². The van der Waals surface area contributed by atoms with Gasteiger partial charge in [0.2, 0.25) is 0 Å². The molecule has 0 radical (unpaired) electrons. The van der Waals surface area contributed by atoms with Crippen LogP contribution in [0.5, 0.6) is 0 Å². The summed E-state index contributed by atoms with van der Waals surface area (Å²) in [5.41, 5.74) is 2.85. The summed E-state index contributed by atoms with van der Waals surface area (Å²) in [7, 11) is 0. The van der Waals surface area contributed by atoms with Crippen LogP contribution in [-0.2, 0) is 0 Å². The summed E-state index contributed by atoms with van der Waals surface area (Å²) in [6.07, 6.45) is 0. The predicted molar refractivity (Wildman–Crippen MR) is 84.2 cm³/mol. The van der Waals surface area contributed by atoms with Crippen molar-refractivity contribution in [2.45, 2.75) is 0 Å². The fourth-order valence-corrected chi connectivity index (χ4v) is 1.93. The largest absolute Gasteiger partial charge is 0.0827 e. The highest BCUT2D eigenvalue weighted by atomic mass is 79.9. The first-order valence-corrected chi connectivity index (χ1v) is 6.96. The molecule has 0 aliphatic carbocycles. The highest BCUT2D eigenvalue weighted by Gasteiger charge is 1.95. The maximum atomic E-state index is 3.99. The Morgan fingerprint density at radius 1 is 0.833 bits per heavy atom. The maximum Gasteiger partial charge on any atom is 0.0249 e. The number of benzene rings is 2. The van der Waals surface area contributed by atoms with Crippen LogP contribution in [0.25, 0.3) is 5.57 Å². The minimum atomic E-state index is 0.824. The summed E-state index contributed by atoms with van der Waals surface area (Å²) in [5.74, 6) is 6.18. The summed E-state index contributed by atoms with van der Waals surface area (Å²) in [6, 6.07) is 15.9. The third-order valence-corrected chi connectivity index (χ3v) is 3.45. The van der Waals surface area contributed by atoms with Gasteiger partial charge in [-0.1, -0.05) is 62.4 Å². The SMILES string of the molecule is C=C(C#Cc1ccc(Br)cc1)c1ccc(Br)cc1. The maximum absolute atomic E-state index is 3.99. The predicted octanol–water partition coefficient (Wildman–Crippen LogP) is 5.28. The van der Waals surface area contributed by atoms with Gasteiger partial charge in [0.25, 0.3) is 0 Å². The van der Waals surface area contributed by atoms with E-state index < -0.39 is 0 Å². The molecule has 2 aromatic rings. The quantitative estimate of drug-likeness (QED) is 0.606. The van der Waals surface area contributed by atoms with Crippen molar-refractivity contribution in [2.24, 2.45) is 0 Å². The van der Waals surface area contributed by atoms with Gasteiger partial charge in [0, 0.05) is 20.1 Å². The minimum Gasteiger partial charge on any atom is -0.0827 e. The molecule has 0 aliphatic heterocycles. The van der Waals surface area contributed by atoms with Gasteiger partial charge in [-0.25, -0.2) is 0 Å². The molecule has 2 heteroatoms. The second-order valence-corrected chi connectivity index (χ2v) is 5.57. The molecule has 0 unspecified atom stereocenters. The standard InChI is InChI=1S/C16H10Br2/c1-12(14-6-10-16(18)11-7-14)2-3-13-4-8-15(17)9-5-13/h4-11H,1H2. The van der Waals surface area contributed by atoms with Crippen molar-refractivity contribution in [2.75, 3.05) is 0 Å². The number of allylic oxidation sites excluding steroid dienone is 1. The molecule has 18 heavy (non-hydrogen) atoms.